The van der Waals surface area contributed by atoms with Crippen LogP contribution in [-0.2, 0) is 6.61 Å². The number of fused-ring (bicyclic) bond motifs is 1. The van der Waals surface area contributed by atoms with Crippen LogP contribution in [0, 0.1) is 0 Å². The van der Waals surface area contributed by atoms with E-state index >= 15 is 0 Å². The van der Waals surface area contributed by atoms with Crippen molar-refractivity contribution in [2.45, 2.75) is 6.61 Å². The van der Waals surface area contributed by atoms with Crippen LogP contribution in [0.25, 0.3) is 22.2 Å². The van der Waals surface area contributed by atoms with Gasteiger partial charge in [0.05, 0.1) is 34.6 Å². The van der Waals surface area contributed by atoms with Crippen molar-refractivity contribution in [2.24, 2.45) is 5.10 Å². The molecule has 0 saturated heterocycles. The van der Waals surface area contributed by atoms with Crippen molar-refractivity contribution >= 4 is 62.2 Å². The Bertz CT molecular complexity index is 1730. The maximum Gasteiger partial charge on any atom is 0.272 e. The van der Waals surface area contributed by atoms with Crippen molar-refractivity contribution in [1.29, 1.82) is 0 Å². The minimum absolute atomic E-state index is 0.222. The van der Waals surface area contributed by atoms with Crippen LogP contribution >= 0.6 is 39.1 Å². The summed E-state index contributed by atoms with van der Waals surface area (Å²) < 4.78 is 12.2. The average Bonchev–Trinajstić information content (AvgIpc) is 2.97. The van der Waals surface area contributed by atoms with Gasteiger partial charge < -0.3 is 9.47 Å². The van der Waals surface area contributed by atoms with Gasteiger partial charge in [-0.15, -0.1) is 0 Å². The number of nitrogens with one attached hydrogen (secondary N) is 1. The number of nitrogens with zero attached hydrogens (tertiary/aromatic N) is 2. The summed E-state index contributed by atoms with van der Waals surface area (Å²) in [5, 5.41) is 6.00. The number of hydrogen-bond acceptors (Lipinski definition) is 5. The molecule has 0 atom stereocenters. The molecule has 200 valence electrons. The summed E-state index contributed by atoms with van der Waals surface area (Å²) in [5.74, 6) is 0.643. The van der Waals surface area contributed by atoms with E-state index in [0.29, 0.717) is 42.8 Å². The first kappa shape index (κ1) is 27.6. The number of amides is 1. The Morgan fingerprint density at radius 3 is 2.55 bits per heavy atom. The van der Waals surface area contributed by atoms with Crippen molar-refractivity contribution in [2.75, 3.05) is 7.11 Å². The zero-order chi connectivity index (χ0) is 28.1. The van der Waals surface area contributed by atoms with Crippen molar-refractivity contribution in [3.8, 4) is 22.8 Å². The summed E-state index contributed by atoms with van der Waals surface area (Å²) in [6, 6.07) is 27.8. The number of aromatic nitrogens is 1. The van der Waals surface area contributed by atoms with Crippen LogP contribution in [-0.4, -0.2) is 24.2 Å². The fourth-order valence-electron chi connectivity index (χ4n) is 4.09. The third-order valence-corrected chi connectivity index (χ3v) is 7.22. The smallest absolute Gasteiger partial charge is 0.272 e. The van der Waals surface area contributed by atoms with Gasteiger partial charge in [0.1, 0.15) is 6.61 Å². The normalized spacial score (nSPS) is 11.1. The summed E-state index contributed by atoms with van der Waals surface area (Å²) in [5.41, 5.74) is 6.93. The largest absolute Gasteiger partial charge is 0.493 e. The fraction of sp³-hybridized carbons (Fsp3) is 0.0645. The minimum atomic E-state index is -0.349. The lowest BCUT2D eigenvalue weighted by atomic mass is 10.0. The Morgan fingerprint density at radius 1 is 1.00 bits per heavy atom. The van der Waals surface area contributed by atoms with Crippen LogP contribution in [0.15, 0.2) is 101 Å². The Morgan fingerprint density at radius 2 is 1.77 bits per heavy atom. The quantitative estimate of drug-likeness (QED) is 0.138. The number of hydrogen-bond donors (Lipinski definition) is 1. The molecule has 1 N–H and O–H groups in total. The number of pyridine rings is 1. The molecule has 40 heavy (non-hydrogen) atoms. The zero-order valence-electron chi connectivity index (χ0n) is 21.2. The first-order chi connectivity index (χ1) is 19.4. The van der Waals surface area contributed by atoms with Crippen molar-refractivity contribution in [3.05, 3.63) is 122 Å². The summed E-state index contributed by atoms with van der Waals surface area (Å²) >= 11 is 15.8. The molecule has 0 spiro atoms. The van der Waals surface area contributed by atoms with Crippen LogP contribution in [0.4, 0.5) is 0 Å². The number of methoxy groups -OCH3 is 1. The molecule has 0 saturated carbocycles. The van der Waals surface area contributed by atoms with E-state index in [4.69, 9.17) is 37.7 Å². The lowest BCUT2D eigenvalue weighted by molar-refractivity contribution is 0.0956. The van der Waals surface area contributed by atoms with Gasteiger partial charge in [0.15, 0.2) is 11.5 Å². The molecule has 0 radical (unpaired) electrons. The molecule has 0 aliphatic rings. The molecule has 1 heterocycles. The standard InChI is InChI=1S/C31H22BrCl2N3O3/c1-39-29-14-19(13-25(32)30(29)40-18-21-11-12-22(33)15-26(21)34)17-35-37-31(38)24-16-28(20-7-3-2-4-8-20)36-27-10-6-5-9-23(24)27/h2-17H,18H2,1H3,(H,37,38)/b35-17+. The van der Waals surface area contributed by atoms with Gasteiger partial charge in [-0.2, -0.15) is 5.10 Å². The van der Waals surface area contributed by atoms with Crippen LogP contribution in [0.1, 0.15) is 21.5 Å². The fourth-order valence-corrected chi connectivity index (χ4v) is 5.13. The molecule has 1 aromatic heterocycles. The molecule has 0 aliphatic heterocycles. The topological polar surface area (TPSA) is 72.8 Å². The van der Waals surface area contributed by atoms with Gasteiger partial charge in [-0.1, -0.05) is 77.8 Å². The Kier molecular flexibility index (Phi) is 8.65. The number of benzene rings is 4. The number of halogens is 3. The first-order valence-electron chi connectivity index (χ1n) is 12.2. The van der Waals surface area contributed by atoms with Gasteiger partial charge in [-0.05, 0) is 57.9 Å². The molecule has 0 unspecified atom stereocenters. The Hall–Kier alpha value is -3.91. The summed E-state index contributed by atoms with van der Waals surface area (Å²) in [6.07, 6.45) is 1.53. The van der Waals surface area contributed by atoms with Crippen LogP contribution < -0.4 is 14.9 Å². The van der Waals surface area contributed by atoms with Crippen molar-refractivity contribution < 1.29 is 14.3 Å². The molecule has 6 nitrogen and oxygen atoms in total. The SMILES string of the molecule is COc1cc(/C=N/NC(=O)c2cc(-c3ccccc3)nc3ccccc23)cc(Br)c1OCc1ccc(Cl)cc1Cl. The Labute approximate surface area is 249 Å². The van der Waals surface area contributed by atoms with E-state index in [1.165, 1.54) is 6.21 Å². The molecule has 0 aliphatic carbocycles. The molecule has 0 bridgehead atoms. The zero-order valence-corrected chi connectivity index (χ0v) is 24.3. The highest BCUT2D eigenvalue weighted by Gasteiger charge is 2.15. The molecule has 4 aromatic carbocycles. The monoisotopic (exact) mass is 633 g/mol. The highest BCUT2D eigenvalue weighted by molar-refractivity contribution is 9.10. The molecule has 5 rings (SSSR count). The van der Waals surface area contributed by atoms with Gasteiger partial charge in [0, 0.05) is 26.6 Å². The molecule has 9 heteroatoms. The van der Waals surface area contributed by atoms with Crippen LogP contribution in [0.2, 0.25) is 10.0 Å². The van der Waals surface area contributed by atoms with E-state index in [-0.39, 0.29) is 12.5 Å². The maximum atomic E-state index is 13.2. The van der Waals surface area contributed by atoms with Gasteiger partial charge in [0.2, 0.25) is 0 Å². The van der Waals surface area contributed by atoms with Crippen molar-refractivity contribution in [1.82, 2.24) is 10.4 Å². The number of ether oxygens (including phenoxy) is 2. The molecule has 5 aromatic rings. The third-order valence-electron chi connectivity index (χ3n) is 6.05. The highest BCUT2D eigenvalue weighted by Crippen LogP contribution is 2.37. The van der Waals surface area contributed by atoms with E-state index in [1.807, 2.05) is 66.7 Å². The predicted molar refractivity (Wildman–Crippen MR) is 164 cm³/mol. The maximum absolute atomic E-state index is 13.2. The van der Waals surface area contributed by atoms with E-state index in [0.717, 1.165) is 22.0 Å². The molecular weight excluding hydrogens is 613 g/mol. The predicted octanol–water partition coefficient (Wildman–Crippen LogP) is 8.32. The highest BCUT2D eigenvalue weighted by atomic mass is 79.9. The van der Waals surface area contributed by atoms with Gasteiger partial charge in [0.25, 0.3) is 5.91 Å². The van der Waals surface area contributed by atoms with E-state index < -0.39 is 0 Å². The summed E-state index contributed by atoms with van der Waals surface area (Å²) in [6.45, 7) is 0.222. The van der Waals surface area contributed by atoms with Gasteiger partial charge >= 0.3 is 0 Å². The summed E-state index contributed by atoms with van der Waals surface area (Å²) in [7, 11) is 1.55. The number of rotatable bonds is 8. The second-order valence-electron chi connectivity index (χ2n) is 8.70. The Balaban J connectivity index is 1.35. The van der Waals surface area contributed by atoms with Crippen LogP contribution in [0.5, 0.6) is 11.5 Å². The average molecular weight is 635 g/mol. The lowest BCUT2D eigenvalue weighted by Gasteiger charge is -2.14. The third kappa shape index (κ3) is 6.28. The number of hydrazone groups is 1. The van der Waals surface area contributed by atoms with Crippen LogP contribution in [0.3, 0.4) is 0 Å². The van der Waals surface area contributed by atoms with Gasteiger partial charge in [-0.25, -0.2) is 10.4 Å². The second kappa shape index (κ2) is 12.5. The second-order valence-corrected chi connectivity index (χ2v) is 10.4. The van der Waals surface area contributed by atoms with E-state index in [2.05, 4.69) is 26.5 Å². The molecule has 0 fully saturated rings. The number of para-hydroxylation sites is 1. The number of carbonyl (C=O) groups is 1. The lowest BCUT2D eigenvalue weighted by Crippen LogP contribution is -2.18. The van der Waals surface area contributed by atoms with Crippen molar-refractivity contribution in [3.63, 3.8) is 0 Å². The first-order valence-corrected chi connectivity index (χ1v) is 13.7. The van der Waals surface area contributed by atoms with E-state index in [1.54, 1.807) is 31.4 Å². The summed E-state index contributed by atoms with van der Waals surface area (Å²) in [4.78, 5) is 18.0. The van der Waals surface area contributed by atoms with Gasteiger partial charge in [-0.3, -0.25) is 4.79 Å². The molecular formula is C31H22BrCl2N3O3. The minimum Gasteiger partial charge on any atom is -0.493 e. The van der Waals surface area contributed by atoms with E-state index in [9.17, 15) is 4.79 Å². The molecule has 1 amide bonds. The number of carbonyl (C=O) groups excluding carboxylic acids is 1.